The summed E-state index contributed by atoms with van der Waals surface area (Å²) in [5.41, 5.74) is 1.74. The lowest BCUT2D eigenvalue weighted by molar-refractivity contribution is 0.280. The minimum Gasteiger partial charge on any atom is -0.489 e. The van der Waals surface area contributed by atoms with E-state index in [1.807, 2.05) is 30.3 Å². The molecule has 0 aliphatic heterocycles. The van der Waals surface area contributed by atoms with Crippen LogP contribution in [0.3, 0.4) is 0 Å². The van der Waals surface area contributed by atoms with E-state index in [0.29, 0.717) is 16.7 Å². The normalized spacial score (nSPS) is 10.4. The van der Waals surface area contributed by atoms with Gasteiger partial charge in [0.25, 0.3) is 0 Å². The van der Waals surface area contributed by atoms with Crippen LogP contribution in [-0.2, 0) is 13.2 Å². The Bertz CT molecular complexity index is 524. The number of hydrogen-bond acceptors (Lipinski definition) is 2. The van der Waals surface area contributed by atoms with E-state index < -0.39 is 0 Å². The van der Waals surface area contributed by atoms with Crippen LogP contribution in [0.2, 0.25) is 10.0 Å². The highest BCUT2D eigenvalue weighted by Gasteiger charge is 2.02. The van der Waals surface area contributed by atoms with Gasteiger partial charge in [0.1, 0.15) is 12.4 Å². The second kappa shape index (κ2) is 6.10. The van der Waals surface area contributed by atoms with E-state index in [1.54, 1.807) is 12.1 Å². The van der Waals surface area contributed by atoms with E-state index in [4.69, 9.17) is 33.0 Å². The van der Waals surface area contributed by atoms with Crippen molar-refractivity contribution in [3.8, 4) is 5.75 Å². The summed E-state index contributed by atoms with van der Waals surface area (Å²) in [6.07, 6.45) is 0. The molecule has 2 nitrogen and oxygen atoms in total. The Morgan fingerprint density at radius 2 is 1.72 bits per heavy atom. The second-order valence-electron chi connectivity index (χ2n) is 3.83. The summed E-state index contributed by atoms with van der Waals surface area (Å²) in [7, 11) is 0. The first-order valence-electron chi connectivity index (χ1n) is 5.45. The Morgan fingerprint density at radius 1 is 1.00 bits per heavy atom. The molecule has 2 rings (SSSR count). The summed E-state index contributed by atoms with van der Waals surface area (Å²) in [4.78, 5) is 0. The lowest BCUT2D eigenvalue weighted by Crippen LogP contribution is -1.96. The number of aliphatic hydroxyl groups is 1. The van der Waals surface area contributed by atoms with Crippen LogP contribution in [0.5, 0.6) is 5.75 Å². The van der Waals surface area contributed by atoms with Crippen molar-refractivity contribution in [2.24, 2.45) is 0 Å². The number of benzene rings is 2. The summed E-state index contributed by atoms with van der Waals surface area (Å²) >= 11 is 11.9. The average molecular weight is 283 g/mol. The van der Waals surface area contributed by atoms with Gasteiger partial charge in [-0.15, -0.1) is 0 Å². The first-order chi connectivity index (χ1) is 8.69. The van der Waals surface area contributed by atoms with Gasteiger partial charge >= 0.3 is 0 Å². The number of hydrogen-bond donors (Lipinski definition) is 1. The Kier molecular flexibility index (Phi) is 4.48. The van der Waals surface area contributed by atoms with Crippen LogP contribution < -0.4 is 4.74 Å². The Balaban J connectivity index is 2.02. The van der Waals surface area contributed by atoms with Gasteiger partial charge in [0, 0.05) is 15.6 Å². The molecule has 2 aromatic carbocycles. The molecule has 0 radical (unpaired) electrons. The predicted molar refractivity (Wildman–Crippen MR) is 73.2 cm³/mol. The van der Waals surface area contributed by atoms with E-state index in [9.17, 15) is 0 Å². The maximum atomic E-state index is 8.93. The molecule has 0 spiro atoms. The monoisotopic (exact) mass is 282 g/mol. The van der Waals surface area contributed by atoms with Crippen molar-refractivity contribution >= 4 is 23.2 Å². The second-order valence-corrected chi connectivity index (χ2v) is 4.67. The standard InChI is InChI=1S/C14H12Cl2O2/c15-12-4-3-11(14(16)7-12)9-18-13-5-1-10(8-17)2-6-13/h1-7,17H,8-9H2. The first-order valence-corrected chi connectivity index (χ1v) is 6.21. The van der Waals surface area contributed by atoms with Gasteiger partial charge in [-0.2, -0.15) is 0 Å². The van der Waals surface area contributed by atoms with Crippen LogP contribution in [-0.4, -0.2) is 5.11 Å². The fourth-order valence-electron chi connectivity index (χ4n) is 1.49. The zero-order valence-corrected chi connectivity index (χ0v) is 11.1. The quantitative estimate of drug-likeness (QED) is 0.916. The Hall–Kier alpha value is -1.22. The maximum Gasteiger partial charge on any atom is 0.119 e. The molecule has 18 heavy (non-hydrogen) atoms. The molecule has 0 aliphatic rings. The van der Waals surface area contributed by atoms with Crippen molar-refractivity contribution in [1.29, 1.82) is 0 Å². The zero-order chi connectivity index (χ0) is 13.0. The molecule has 0 unspecified atom stereocenters. The Morgan fingerprint density at radius 3 is 2.33 bits per heavy atom. The smallest absolute Gasteiger partial charge is 0.119 e. The van der Waals surface area contributed by atoms with Gasteiger partial charge in [-0.25, -0.2) is 0 Å². The molecule has 0 atom stereocenters. The van der Waals surface area contributed by atoms with E-state index >= 15 is 0 Å². The van der Waals surface area contributed by atoms with Crippen LogP contribution in [0.4, 0.5) is 0 Å². The highest BCUT2D eigenvalue weighted by atomic mass is 35.5. The lowest BCUT2D eigenvalue weighted by atomic mass is 10.2. The van der Waals surface area contributed by atoms with Gasteiger partial charge in [-0.05, 0) is 29.8 Å². The fraction of sp³-hybridized carbons (Fsp3) is 0.143. The molecule has 0 aliphatic carbocycles. The van der Waals surface area contributed by atoms with Crippen molar-refractivity contribution in [3.63, 3.8) is 0 Å². The van der Waals surface area contributed by atoms with Gasteiger partial charge in [-0.1, -0.05) is 41.4 Å². The van der Waals surface area contributed by atoms with Crippen LogP contribution in [0.15, 0.2) is 42.5 Å². The molecule has 4 heteroatoms. The number of aliphatic hydroxyl groups excluding tert-OH is 1. The lowest BCUT2D eigenvalue weighted by Gasteiger charge is -2.08. The summed E-state index contributed by atoms with van der Waals surface area (Å²) in [5.74, 6) is 0.734. The predicted octanol–water partition coefficient (Wildman–Crippen LogP) is 4.06. The Labute approximate surface area is 116 Å². The summed E-state index contributed by atoms with van der Waals surface area (Å²) in [6, 6.07) is 12.6. The van der Waals surface area contributed by atoms with Gasteiger partial charge in [0.15, 0.2) is 0 Å². The summed E-state index contributed by atoms with van der Waals surface area (Å²) in [6.45, 7) is 0.414. The van der Waals surface area contributed by atoms with Crippen molar-refractivity contribution < 1.29 is 9.84 Å². The minimum atomic E-state index is 0.0310. The molecule has 0 bridgehead atoms. The molecule has 94 valence electrons. The fourth-order valence-corrected chi connectivity index (χ4v) is 1.95. The molecule has 0 saturated carbocycles. The van der Waals surface area contributed by atoms with Crippen LogP contribution in [0.1, 0.15) is 11.1 Å². The first kappa shape index (κ1) is 13.2. The summed E-state index contributed by atoms with van der Waals surface area (Å²) < 4.78 is 5.60. The molecular formula is C14H12Cl2O2. The minimum absolute atomic E-state index is 0.0310. The highest BCUT2D eigenvalue weighted by molar-refractivity contribution is 6.35. The van der Waals surface area contributed by atoms with E-state index in [2.05, 4.69) is 0 Å². The van der Waals surface area contributed by atoms with Crippen LogP contribution in [0, 0.1) is 0 Å². The van der Waals surface area contributed by atoms with E-state index in [0.717, 1.165) is 16.9 Å². The highest BCUT2D eigenvalue weighted by Crippen LogP contribution is 2.22. The third-order valence-corrected chi connectivity index (χ3v) is 3.10. The van der Waals surface area contributed by atoms with Gasteiger partial charge < -0.3 is 9.84 Å². The number of rotatable bonds is 4. The summed E-state index contributed by atoms with van der Waals surface area (Å²) in [5, 5.41) is 10.1. The van der Waals surface area contributed by atoms with Gasteiger partial charge in [0.2, 0.25) is 0 Å². The van der Waals surface area contributed by atoms with Crippen molar-refractivity contribution in [2.75, 3.05) is 0 Å². The molecule has 0 amide bonds. The molecular weight excluding hydrogens is 271 g/mol. The van der Waals surface area contributed by atoms with Gasteiger partial charge in [0.05, 0.1) is 6.61 Å². The van der Waals surface area contributed by atoms with Crippen LogP contribution in [0.25, 0.3) is 0 Å². The molecule has 0 fully saturated rings. The SMILES string of the molecule is OCc1ccc(OCc2ccc(Cl)cc2Cl)cc1. The zero-order valence-electron chi connectivity index (χ0n) is 9.57. The van der Waals surface area contributed by atoms with Crippen molar-refractivity contribution in [1.82, 2.24) is 0 Å². The van der Waals surface area contributed by atoms with Crippen LogP contribution >= 0.6 is 23.2 Å². The molecule has 0 aromatic heterocycles. The topological polar surface area (TPSA) is 29.5 Å². The largest absolute Gasteiger partial charge is 0.489 e. The number of halogens is 2. The maximum absolute atomic E-state index is 8.93. The number of ether oxygens (including phenoxy) is 1. The molecule has 1 N–H and O–H groups in total. The third-order valence-electron chi connectivity index (χ3n) is 2.52. The van der Waals surface area contributed by atoms with E-state index in [-0.39, 0.29) is 6.61 Å². The molecule has 0 heterocycles. The van der Waals surface area contributed by atoms with E-state index in [1.165, 1.54) is 0 Å². The molecule has 2 aromatic rings. The molecule has 0 saturated heterocycles. The van der Waals surface area contributed by atoms with Gasteiger partial charge in [-0.3, -0.25) is 0 Å². The van der Waals surface area contributed by atoms with Crippen molar-refractivity contribution in [3.05, 3.63) is 63.6 Å². The average Bonchev–Trinajstić information content (AvgIpc) is 2.38. The van der Waals surface area contributed by atoms with Crippen molar-refractivity contribution in [2.45, 2.75) is 13.2 Å². The third kappa shape index (κ3) is 3.39.